The molecule has 0 aliphatic carbocycles. The van der Waals surface area contributed by atoms with E-state index in [0.29, 0.717) is 0 Å². The van der Waals surface area contributed by atoms with Crippen LogP contribution in [0, 0.1) is 0 Å². The van der Waals surface area contributed by atoms with Crippen molar-refractivity contribution in [2.24, 2.45) is 0 Å². The fourth-order valence-electron chi connectivity index (χ4n) is 0. The molecule has 0 fully saturated rings. The van der Waals surface area contributed by atoms with Gasteiger partial charge >= 0.3 is 65.0 Å². The van der Waals surface area contributed by atoms with Crippen molar-refractivity contribution in [1.82, 2.24) is 3.53 Å². The number of rotatable bonds is 0. The first kappa shape index (κ1) is 22.6. The molecule has 0 aromatic carbocycles. The van der Waals surface area contributed by atoms with Gasteiger partial charge in [-0.25, -0.2) is 0 Å². The predicted molar refractivity (Wildman–Crippen MR) is 40.2 cm³/mol. The normalized spacial score (nSPS) is 3.00. The van der Waals surface area contributed by atoms with E-state index < -0.39 is 0 Å². The maximum atomic E-state index is 2.72. The van der Waals surface area contributed by atoms with E-state index in [-0.39, 0.29) is 86.8 Å². The number of hydrogen-bond acceptors (Lipinski definition) is 1. The zero-order valence-corrected chi connectivity index (χ0v) is 12.3. The van der Waals surface area contributed by atoms with Crippen LogP contribution in [0.2, 0.25) is 0 Å². The summed E-state index contributed by atoms with van der Waals surface area (Å²) in [5, 5.41) is 0. The van der Waals surface area contributed by atoms with Gasteiger partial charge in [-0.15, -0.1) is 0 Å². The third kappa shape index (κ3) is 25.6. The fourth-order valence-corrected chi connectivity index (χ4v) is 0. The van der Waals surface area contributed by atoms with Crippen molar-refractivity contribution < 1.29 is 21.7 Å². The summed E-state index contributed by atoms with van der Waals surface area (Å²) in [4.78, 5) is 0. The van der Waals surface area contributed by atoms with Crippen molar-refractivity contribution in [3.8, 4) is 0 Å². The third-order valence-corrected chi connectivity index (χ3v) is 0. The van der Waals surface area contributed by atoms with Gasteiger partial charge in [0, 0.05) is 44.6 Å². The monoisotopic (exact) mass is 457 g/mol. The summed E-state index contributed by atoms with van der Waals surface area (Å²) in [6.45, 7) is 0. The summed E-state index contributed by atoms with van der Waals surface area (Å²) in [5.74, 6) is 0. The van der Waals surface area contributed by atoms with Crippen LogP contribution in [0.4, 0.5) is 0 Å². The molecule has 0 rings (SSSR count). The van der Waals surface area contributed by atoms with Gasteiger partial charge in [0.2, 0.25) is 0 Å². The molecule has 0 aromatic heterocycles. The molecule has 34 valence electrons. The fraction of sp³-hybridized carbons (Fsp3) is 1.00. The van der Waals surface area contributed by atoms with Crippen LogP contribution in [0.5, 0.6) is 0 Å². The standard InChI is InChI=1S/CH4IN.Ca.Pb.Ti.4H/c1-3-2;;;;;;;/h3H,1H3;;;;;;;. The predicted octanol–water partition coefficient (Wildman–Crippen LogP) is -1.28. The van der Waals surface area contributed by atoms with E-state index in [0.717, 1.165) is 0 Å². The quantitative estimate of drug-likeness (QED) is 0.272. The first-order chi connectivity index (χ1) is 1.41. The number of halogens is 1. The Kier molecular flexibility index (Phi) is 88.7. The SMILES string of the molecule is CNI.[CaH2].[PbH2].[Ti]. The Morgan fingerprint density at radius 2 is 1.50 bits per heavy atom. The van der Waals surface area contributed by atoms with E-state index in [1.807, 2.05) is 29.9 Å². The van der Waals surface area contributed by atoms with E-state index >= 15 is 0 Å². The molecule has 0 heterocycles. The van der Waals surface area contributed by atoms with Crippen LogP contribution in [0.1, 0.15) is 0 Å². The Hall–Kier alpha value is 3.59. The summed E-state index contributed by atoms with van der Waals surface area (Å²) < 4.78 is 2.72. The third-order valence-electron chi connectivity index (χ3n) is 0. The van der Waals surface area contributed by atoms with Crippen molar-refractivity contribution in [2.45, 2.75) is 0 Å². The Morgan fingerprint density at radius 3 is 1.50 bits per heavy atom. The average molecular weight is 456 g/mol. The molecule has 2 radical (unpaired) electrons. The van der Waals surface area contributed by atoms with Crippen LogP contribution < -0.4 is 3.53 Å². The zero-order valence-electron chi connectivity index (χ0n) is 3.09. The summed E-state index contributed by atoms with van der Waals surface area (Å²) >= 11 is 2.04. The van der Waals surface area contributed by atoms with Gasteiger partial charge in [0.25, 0.3) is 0 Å². The molecular weight excluding hydrogens is 448 g/mol. The van der Waals surface area contributed by atoms with Crippen LogP contribution in [-0.4, -0.2) is 72.1 Å². The molecule has 0 atom stereocenters. The molecule has 6 heavy (non-hydrogen) atoms. The Labute approximate surface area is 117 Å². The molecule has 0 aromatic rings. The van der Waals surface area contributed by atoms with Gasteiger partial charge in [-0.2, -0.15) is 0 Å². The minimum Gasteiger partial charge on any atom is 0 e. The van der Waals surface area contributed by atoms with Gasteiger partial charge < -0.3 is 0 Å². The molecular formula is CH8CaINPbTi. The van der Waals surface area contributed by atoms with Crippen LogP contribution in [0.25, 0.3) is 0 Å². The summed E-state index contributed by atoms with van der Waals surface area (Å²) in [6.07, 6.45) is 0. The van der Waals surface area contributed by atoms with E-state index in [9.17, 15) is 0 Å². The molecule has 1 N–H and O–H groups in total. The Morgan fingerprint density at radius 1 is 1.50 bits per heavy atom. The topological polar surface area (TPSA) is 12.0 Å². The van der Waals surface area contributed by atoms with Crippen LogP contribution in [0.15, 0.2) is 0 Å². The molecule has 5 heteroatoms. The molecule has 0 amide bonds. The van der Waals surface area contributed by atoms with Gasteiger partial charge in [-0.05, 0) is 7.05 Å². The van der Waals surface area contributed by atoms with Crippen molar-refractivity contribution in [3.63, 3.8) is 0 Å². The number of hydrogen-bond donors (Lipinski definition) is 1. The maximum Gasteiger partial charge on any atom is 0 e. The molecule has 0 spiro atoms. The van der Waals surface area contributed by atoms with Crippen molar-refractivity contribution >= 4 is 87.9 Å². The first-order valence-corrected chi connectivity index (χ1v) is 1.77. The largest absolute Gasteiger partial charge is 0 e. The maximum absolute atomic E-state index is 2.72. The molecule has 0 bridgehead atoms. The van der Waals surface area contributed by atoms with Gasteiger partial charge in [-0.3, -0.25) is 3.53 Å². The van der Waals surface area contributed by atoms with Crippen LogP contribution in [0.3, 0.4) is 0 Å². The molecule has 0 unspecified atom stereocenters. The zero-order chi connectivity index (χ0) is 2.71. The van der Waals surface area contributed by atoms with Gasteiger partial charge in [0.1, 0.15) is 0 Å². The molecule has 0 aliphatic heterocycles. The smallest absolute Gasteiger partial charge is 0 e. The first-order valence-electron chi connectivity index (χ1n) is 0.689. The molecule has 0 saturated carbocycles. The average Bonchev–Trinajstić information content (AvgIpc) is 0.918. The van der Waals surface area contributed by atoms with Crippen molar-refractivity contribution in [1.29, 1.82) is 0 Å². The van der Waals surface area contributed by atoms with E-state index in [1.165, 1.54) is 0 Å². The van der Waals surface area contributed by atoms with Crippen LogP contribution in [-0.2, 0) is 21.7 Å². The second-order valence-corrected chi connectivity index (χ2v) is 1.27. The van der Waals surface area contributed by atoms with Crippen molar-refractivity contribution in [2.75, 3.05) is 7.05 Å². The van der Waals surface area contributed by atoms with Gasteiger partial charge in [-0.1, -0.05) is 0 Å². The second kappa shape index (κ2) is 23.5. The molecule has 1 nitrogen and oxygen atoms in total. The Bertz CT molecular complexity index is 15.5. The minimum atomic E-state index is 0. The summed E-state index contributed by atoms with van der Waals surface area (Å²) in [7, 11) is 1.86. The molecule has 0 aliphatic rings. The van der Waals surface area contributed by atoms with E-state index in [2.05, 4.69) is 3.53 Å². The van der Waals surface area contributed by atoms with Crippen molar-refractivity contribution in [3.05, 3.63) is 0 Å². The molecule has 0 saturated heterocycles. The second-order valence-electron chi connectivity index (χ2n) is 0.189. The summed E-state index contributed by atoms with van der Waals surface area (Å²) in [5.41, 5.74) is 0. The van der Waals surface area contributed by atoms with E-state index in [1.54, 1.807) is 0 Å². The summed E-state index contributed by atoms with van der Waals surface area (Å²) in [6, 6.07) is 0. The van der Waals surface area contributed by atoms with Gasteiger partial charge in [0.05, 0.1) is 0 Å². The number of nitrogens with one attached hydrogen (secondary N) is 1. The van der Waals surface area contributed by atoms with E-state index in [4.69, 9.17) is 0 Å². The van der Waals surface area contributed by atoms with Crippen LogP contribution >= 0.6 is 22.9 Å². The Balaban J connectivity index is -0.00000000667. The van der Waals surface area contributed by atoms with Gasteiger partial charge in [0.15, 0.2) is 0 Å². The minimum absolute atomic E-state index is 0.